The summed E-state index contributed by atoms with van der Waals surface area (Å²) in [6, 6.07) is 10.4. The minimum absolute atomic E-state index is 0.0238. The number of methoxy groups -OCH3 is 1. The average Bonchev–Trinajstić information content (AvgIpc) is 2.73. The Morgan fingerprint density at radius 3 is 2.89 bits per heavy atom. The van der Waals surface area contributed by atoms with E-state index < -0.39 is 0 Å². The number of nitrogens with one attached hydrogen (secondary N) is 2. The van der Waals surface area contributed by atoms with Gasteiger partial charge in [0.1, 0.15) is 0 Å². The largest absolute Gasteiger partial charge is 0.493 e. The number of halogens is 2. The van der Waals surface area contributed by atoms with Crippen LogP contribution < -0.4 is 20.3 Å². The predicted molar refractivity (Wildman–Crippen MR) is 111 cm³/mol. The molecule has 2 aromatic carbocycles. The van der Waals surface area contributed by atoms with Crippen LogP contribution in [-0.2, 0) is 9.59 Å². The molecule has 0 radical (unpaired) electrons. The molecule has 0 aromatic heterocycles. The number of rotatable bonds is 4. The van der Waals surface area contributed by atoms with E-state index in [1.54, 1.807) is 30.2 Å². The fourth-order valence-corrected chi connectivity index (χ4v) is 4.10. The lowest BCUT2D eigenvalue weighted by atomic mass is 10.1. The zero-order valence-electron chi connectivity index (χ0n) is 14.9. The van der Waals surface area contributed by atoms with E-state index >= 15 is 0 Å². The van der Waals surface area contributed by atoms with Crippen molar-refractivity contribution in [1.29, 1.82) is 0 Å². The number of ether oxygens (including phenoxy) is 1. The van der Waals surface area contributed by atoms with Crippen molar-refractivity contribution in [3.63, 3.8) is 0 Å². The Labute approximate surface area is 171 Å². The Morgan fingerprint density at radius 1 is 1.41 bits per heavy atom. The minimum Gasteiger partial charge on any atom is -0.493 e. The van der Waals surface area contributed by atoms with Gasteiger partial charge in [-0.25, -0.2) is 0 Å². The quantitative estimate of drug-likeness (QED) is 0.726. The highest BCUT2D eigenvalue weighted by molar-refractivity contribution is 9.10. The second kappa shape index (κ2) is 8.19. The van der Waals surface area contributed by atoms with Gasteiger partial charge in [0, 0.05) is 17.5 Å². The van der Waals surface area contributed by atoms with Crippen LogP contribution in [-0.4, -0.2) is 31.5 Å². The van der Waals surface area contributed by atoms with Crippen molar-refractivity contribution in [2.24, 2.45) is 0 Å². The number of fused-ring (bicyclic) bond motifs is 1. The monoisotopic (exact) mass is 451 g/mol. The standard InChI is InChI=1S/C19H19BrClN3O3/c1-11-7-17(25)23-14-5-3-4-6-16(14)24(11)18(26)10-22-15-9-12(21)8-13(20)19(15)27-2/h3-6,8-9,11,22H,7,10H2,1-2H3,(H,23,25)/t11-/m1/s1. The topological polar surface area (TPSA) is 70.7 Å². The Morgan fingerprint density at radius 2 is 2.15 bits per heavy atom. The number of nitrogens with zero attached hydrogens (tertiary/aromatic N) is 1. The van der Waals surface area contributed by atoms with Crippen LogP contribution in [0.5, 0.6) is 5.75 Å². The molecular formula is C19H19BrClN3O3. The highest BCUT2D eigenvalue weighted by atomic mass is 79.9. The van der Waals surface area contributed by atoms with Crippen molar-refractivity contribution in [2.45, 2.75) is 19.4 Å². The van der Waals surface area contributed by atoms with E-state index in [2.05, 4.69) is 26.6 Å². The SMILES string of the molecule is COc1c(Br)cc(Cl)cc1NCC(=O)N1c2ccccc2NC(=O)C[C@H]1C. The molecule has 142 valence electrons. The summed E-state index contributed by atoms with van der Waals surface area (Å²) in [5.41, 5.74) is 1.92. The van der Waals surface area contributed by atoms with Gasteiger partial charge in [-0.05, 0) is 47.1 Å². The van der Waals surface area contributed by atoms with Gasteiger partial charge in [0.25, 0.3) is 0 Å². The molecule has 8 heteroatoms. The van der Waals surface area contributed by atoms with Gasteiger partial charge >= 0.3 is 0 Å². The smallest absolute Gasteiger partial charge is 0.246 e. The number of carbonyl (C=O) groups is 2. The summed E-state index contributed by atoms with van der Waals surface area (Å²) >= 11 is 9.50. The van der Waals surface area contributed by atoms with Gasteiger partial charge in [-0.1, -0.05) is 23.7 Å². The van der Waals surface area contributed by atoms with Crippen molar-refractivity contribution >= 4 is 56.4 Å². The third-order valence-corrected chi connectivity index (χ3v) is 5.08. The lowest BCUT2D eigenvalue weighted by molar-refractivity contribution is -0.118. The van der Waals surface area contributed by atoms with Crippen molar-refractivity contribution in [3.05, 3.63) is 45.9 Å². The van der Waals surface area contributed by atoms with E-state index in [9.17, 15) is 9.59 Å². The van der Waals surface area contributed by atoms with Crippen LogP contribution in [0.1, 0.15) is 13.3 Å². The van der Waals surface area contributed by atoms with Crippen LogP contribution in [0, 0.1) is 0 Å². The second-order valence-corrected chi connectivity index (χ2v) is 7.49. The zero-order chi connectivity index (χ0) is 19.6. The molecule has 1 heterocycles. The summed E-state index contributed by atoms with van der Waals surface area (Å²) in [7, 11) is 1.55. The van der Waals surface area contributed by atoms with Gasteiger partial charge in [-0.3, -0.25) is 9.59 Å². The van der Waals surface area contributed by atoms with E-state index in [1.807, 2.05) is 25.1 Å². The van der Waals surface area contributed by atoms with E-state index in [0.29, 0.717) is 32.3 Å². The number of hydrogen-bond donors (Lipinski definition) is 2. The minimum atomic E-state index is -0.268. The van der Waals surface area contributed by atoms with E-state index in [0.717, 1.165) is 0 Å². The van der Waals surface area contributed by atoms with Gasteiger partial charge in [0.15, 0.2) is 5.75 Å². The maximum absolute atomic E-state index is 13.0. The molecule has 0 aliphatic carbocycles. The molecule has 3 rings (SSSR count). The highest BCUT2D eigenvalue weighted by Gasteiger charge is 2.29. The summed E-state index contributed by atoms with van der Waals surface area (Å²) in [4.78, 5) is 26.7. The fraction of sp³-hybridized carbons (Fsp3) is 0.263. The Balaban J connectivity index is 1.85. The molecule has 27 heavy (non-hydrogen) atoms. The summed E-state index contributed by atoms with van der Waals surface area (Å²) in [6.07, 6.45) is 0.229. The van der Waals surface area contributed by atoms with Gasteiger partial charge < -0.3 is 20.3 Å². The van der Waals surface area contributed by atoms with Crippen molar-refractivity contribution in [2.75, 3.05) is 29.2 Å². The molecule has 0 spiro atoms. The Kier molecular flexibility index (Phi) is 5.92. The van der Waals surface area contributed by atoms with Gasteiger partial charge in [-0.15, -0.1) is 0 Å². The first-order valence-corrected chi connectivity index (χ1v) is 9.55. The molecule has 6 nitrogen and oxygen atoms in total. The maximum Gasteiger partial charge on any atom is 0.246 e. The summed E-state index contributed by atoms with van der Waals surface area (Å²) in [5.74, 6) is 0.289. The molecule has 0 saturated carbocycles. The molecule has 1 aliphatic rings. The van der Waals surface area contributed by atoms with Crippen LogP contribution in [0.2, 0.25) is 5.02 Å². The molecule has 2 N–H and O–H groups in total. The normalized spacial score (nSPS) is 16.2. The van der Waals surface area contributed by atoms with E-state index in [1.165, 1.54) is 0 Å². The number of para-hydroxylation sites is 2. The van der Waals surface area contributed by atoms with E-state index in [-0.39, 0.29) is 30.8 Å². The number of carbonyl (C=O) groups excluding carboxylic acids is 2. The second-order valence-electron chi connectivity index (χ2n) is 6.20. The third kappa shape index (κ3) is 4.20. The predicted octanol–water partition coefficient (Wildman–Crippen LogP) is 4.29. The van der Waals surface area contributed by atoms with Crippen molar-refractivity contribution < 1.29 is 14.3 Å². The van der Waals surface area contributed by atoms with Gasteiger partial charge in [0.2, 0.25) is 11.8 Å². The molecule has 1 atom stereocenters. The first-order valence-electron chi connectivity index (χ1n) is 8.38. The maximum atomic E-state index is 13.0. The Hall–Kier alpha value is -2.25. The lowest BCUT2D eigenvalue weighted by Crippen LogP contribution is -2.42. The number of amides is 2. The number of benzene rings is 2. The number of hydrogen-bond acceptors (Lipinski definition) is 4. The van der Waals surface area contributed by atoms with Crippen LogP contribution in [0.3, 0.4) is 0 Å². The fourth-order valence-electron chi connectivity index (χ4n) is 3.12. The lowest BCUT2D eigenvalue weighted by Gasteiger charge is -2.28. The van der Waals surface area contributed by atoms with Crippen LogP contribution in [0.15, 0.2) is 40.9 Å². The van der Waals surface area contributed by atoms with Crippen LogP contribution >= 0.6 is 27.5 Å². The summed E-state index contributed by atoms with van der Waals surface area (Å²) in [5, 5.41) is 6.45. The molecule has 0 saturated heterocycles. The first kappa shape index (κ1) is 19.5. The molecule has 1 aliphatic heterocycles. The summed E-state index contributed by atoms with van der Waals surface area (Å²) < 4.78 is 6.06. The van der Waals surface area contributed by atoms with Gasteiger partial charge in [0.05, 0.1) is 35.2 Å². The van der Waals surface area contributed by atoms with Crippen molar-refractivity contribution in [1.82, 2.24) is 0 Å². The van der Waals surface area contributed by atoms with E-state index in [4.69, 9.17) is 16.3 Å². The molecular weight excluding hydrogens is 434 g/mol. The third-order valence-electron chi connectivity index (χ3n) is 4.27. The molecule has 2 amide bonds. The van der Waals surface area contributed by atoms with Gasteiger partial charge in [-0.2, -0.15) is 0 Å². The summed E-state index contributed by atoms with van der Waals surface area (Å²) in [6.45, 7) is 1.88. The average molecular weight is 453 g/mol. The first-order chi connectivity index (χ1) is 12.9. The zero-order valence-corrected chi connectivity index (χ0v) is 17.2. The Bertz CT molecular complexity index is 890. The molecule has 0 fully saturated rings. The number of anilines is 3. The highest BCUT2D eigenvalue weighted by Crippen LogP contribution is 2.36. The van der Waals surface area contributed by atoms with Crippen LogP contribution in [0.4, 0.5) is 17.1 Å². The molecule has 0 unspecified atom stereocenters. The van der Waals surface area contributed by atoms with Crippen LogP contribution in [0.25, 0.3) is 0 Å². The molecule has 0 bridgehead atoms. The molecule has 2 aromatic rings. The van der Waals surface area contributed by atoms with Crippen molar-refractivity contribution in [3.8, 4) is 5.75 Å².